The van der Waals surface area contributed by atoms with Crippen molar-refractivity contribution in [3.05, 3.63) is 53.3 Å². The first-order valence-corrected chi connectivity index (χ1v) is 7.60. The number of carbonyl (C=O) groups excluding carboxylic acids is 1. The number of carbonyl (C=O) groups is 2. The van der Waals surface area contributed by atoms with Gasteiger partial charge in [0.15, 0.2) is 0 Å². The van der Waals surface area contributed by atoms with Gasteiger partial charge in [0.05, 0.1) is 5.56 Å². The molecule has 0 radical (unpaired) electrons. The third-order valence-electron chi connectivity index (χ3n) is 3.87. The number of aryl methyl sites for hydroxylation is 1. The molecule has 1 aromatic heterocycles. The molecule has 0 aliphatic carbocycles. The Balaban J connectivity index is 2.45. The van der Waals surface area contributed by atoms with Crippen LogP contribution in [0.1, 0.15) is 35.6 Å². The third kappa shape index (κ3) is 3.44. The quantitative estimate of drug-likeness (QED) is 0.922. The molecule has 5 heteroatoms. The summed E-state index contributed by atoms with van der Waals surface area (Å²) in [6.45, 7) is 7.15. The highest BCUT2D eigenvalue weighted by Gasteiger charge is 2.25. The Kier molecular flexibility index (Phi) is 4.89. The van der Waals surface area contributed by atoms with Gasteiger partial charge in [0.1, 0.15) is 6.54 Å². The van der Waals surface area contributed by atoms with E-state index in [4.69, 9.17) is 5.11 Å². The Morgan fingerprint density at radius 1 is 1.17 bits per heavy atom. The van der Waals surface area contributed by atoms with Crippen LogP contribution < -0.4 is 0 Å². The van der Waals surface area contributed by atoms with Crippen LogP contribution in [0.5, 0.6) is 0 Å². The van der Waals surface area contributed by atoms with E-state index in [1.165, 1.54) is 4.90 Å². The van der Waals surface area contributed by atoms with E-state index < -0.39 is 5.97 Å². The van der Waals surface area contributed by atoms with E-state index in [9.17, 15) is 9.59 Å². The third-order valence-corrected chi connectivity index (χ3v) is 3.87. The normalized spacial score (nSPS) is 10.8. The maximum absolute atomic E-state index is 12.8. The van der Waals surface area contributed by atoms with Gasteiger partial charge in [-0.2, -0.15) is 0 Å². The van der Waals surface area contributed by atoms with Crippen LogP contribution in [0.4, 0.5) is 0 Å². The number of hydrogen-bond donors (Lipinski definition) is 1. The topological polar surface area (TPSA) is 62.5 Å². The fourth-order valence-corrected chi connectivity index (χ4v) is 2.74. The fourth-order valence-electron chi connectivity index (χ4n) is 2.74. The van der Waals surface area contributed by atoms with Gasteiger partial charge >= 0.3 is 5.97 Å². The van der Waals surface area contributed by atoms with E-state index in [2.05, 4.69) is 0 Å². The van der Waals surface area contributed by atoms with Gasteiger partial charge in [-0.25, -0.2) is 0 Å². The molecule has 0 unspecified atom stereocenters. The molecule has 0 bridgehead atoms. The zero-order valence-corrected chi connectivity index (χ0v) is 13.9. The summed E-state index contributed by atoms with van der Waals surface area (Å²) in [5.41, 5.74) is 3.28. The number of amides is 1. The van der Waals surface area contributed by atoms with Gasteiger partial charge in [0.2, 0.25) is 0 Å². The molecule has 122 valence electrons. The second kappa shape index (κ2) is 6.69. The number of benzene rings is 1. The van der Waals surface area contributed by atoms with Crippen molar-refractivity contribution in [2.24, 2.45) is 0 Å². The molecular weight excluding hydrogens is 292 g/mol. The second-order valence-corrected chi connectivity index (χ2v) is 5.88. The SMILES string of the molecule is Cc1cc(C(=O)N(CC(=O)O)C(C)C)c(C)n1-c1ccccc1. The van der Waals surface area contributed by atoms with Gasteiger partial charge in [-0.15, -0.1) is 0 Å². The van der Waals surface area contributed by atoms with Gasteiger partial charge in [0, 0.05) is 23.1 Å². The van der Waals surface area contributed by atoms with E-state index in [0.29, 0.717) is 5.56 Å². The minimum atomic E-state index is -1.01. The summed E-state index contributed by atoms with van der Waals surface area (Å²) >= 11 is 0. The number of para-hydroxylation sites is 1. The zero-order valence-electron chi connectivity index (χ0n) is 13.9. The second-order valence-electron chi connectivity index (χ2n) is 5.88. The van der Waals surface area contributed by atoms with Crippen LogP contribution in [-0.4, -0.2) is 39.0 Å². The predicted octanol–water partition coefficient (Wildman–Crippen LogP) is 3.03. The van der Waals surface area contributed by atoms with Gasteiger partial charge in [-0.1, -0.05) is 18.2 Å². The Morgan fingerprint density at radius 3 is 2.30 bits per heavy atom. The molecule has 0 aliphatic heterocycles. The average Bonchev–Trinajstić information content (AvgIpc) is 2.79. The first-order valence-electron chi connectivity index (χ1n) is 7.60. The number of aliphatic carboxylic acids is 1. The maximum Gasteiger partial charge on any atom is 0.323 e. The summed E-state index contributed by atoms with van der Waals surface area (Å²) in [6, 6.07) is 11.4. The Bertz CT molecular complexity index is 717. The summed E-state index contributed by atoms with van der Waals surface area (Å²) in [5, 5.41) is 9.04. The van der Waals surface area contributed by atoms with Gasteiger partial charge in [-0.3, -0.25) is 9.59 Å². The van der Waals surface area contributed by atoms with Crippen LogP contribution in [0.2, 0.25) is 0 Å². The number of nitrogens with zero attached hydrogens (tertiary/aromatic N) is 2. The van der Waals surface area contributed by atoms with E-state index in [-0.39, 0.29) is 18.5 Å². The predicted molar refractivity (Wildman–Crippen MR) is 89.1 cm³/mol. The minimum absolute atomic E-state index is 0.182. The monoisotopic (exact) mass is 314 g/mol. The van der Waals surface area contributed by atoms with Crippen LogP contribution in [0.25, 0.3) is 5.69 Å². The number of carboxylic acids is 1. The lowest BCUT2D eigenvalue weighted by molar-refractivity contribution is -0.138. The molecule has 5 nitrogen and oxygen atoms in total. The first-order chi connectivity index (χ1) is 10.8. The Labute approximate surface area is 136 Å². The summed E-state index contributed by atoms with van der Waals surface area (Å²) in [5.74, 6) is -1.26. The molecule has 23 heavy (non-hydrogen) atoms. The molecule has 2 rings (SSSR count). The van der Waals surface area contributed by atoms with Gasteiger partial charge < -0.3 is 14.6 Å². The highest BCUT2D eigenvalue weighted by molar-refractivity contribution is 5.97. The Morgan fingerprint density at radius 2 is 1.78 bits per heavy atom. The molecule has 0 saturated heterocycles. The summed E-state index contributed by atoms with van der Waals surface area (Å²) < 4.78 is 2.01. The van der Waals surface area contributed by atoms with E-state index in [1.54, 1.807) is 0 Å². The zero-order chi connectivity index (χ0) is 17.1. The summed E-state index contributed by atoms with van der Waals surface area (Å²) in [7, 11) is 0. The van der Waals surface area contributed by atoms with Crippen molar-refractivity contribution in [1.82, 2.24) is 9.47 Å². The first kappa shape index (κ1) is 16.8. The van der Waals surface area contributed by atoms with Crippen molar-refractivity contribution in [3.63, 3.8) is 0 Å². The summed E-state index contributed by atoms with van der Waals surface area (Å²) in [4.78, 5) is 25.2. The molecule has 0 atom stereocenters. The number of hydrogen-bond acceptors (Lipinski definition) is 2. The summed E-state index contributed by atoms with van der Waals surface area (Å²) in [6.07, 6.45) is 0. The largest absolute Gasteiger partial charge is 0.480 e. The molecule has 1 amide bonds. The van der Waals surface area contributed by atoms with Crippen LogP contribution in [0, 0.1) is 13.8 Å². The van der Waals surface area contributed by atoms with Crippen molar-refractivity contribution in [1.29, 1.82) is 0 Å². The number of rotatable bonds is 5. The number of carboxylic acid groups (broad SMARTS) is 1. The van der Waals surface area contributed by atoms with Crippen LogP contribution in [0.15, 0.2) is 36.4 Å². The molecular formula is C18H22N2O3. The highest BCUT2D eigenvalue weighted by atomic mass is 16.4. The van der Waals surface area contributed by atoms with E-state index in [1.807, 2.05) is 68.7 Å². The van der Waals surface area contributed by atoms with Crippen molar-refractivity contribution in [2.45, 2.75) is 33.7 Å². The van der Waals surface area contributed by atoms with Crippen molar-refractivity contribution in [2.75, 3.05) is 6.54 Å². The Hall–Kier alpha value is -2.56. The van der Waals surface area contributed by atoms with Crippen LogP contribution >= 0.6 is 0 Å². The standard InChI is InChI=1S/C18H22N2O3/c1-12(2)19(11-17(21)22)18(23)16-10-13(3)20(14(16)4)15-8-6-5-7-9-15/h5-10,12H,11H2,1-4H3,(H,21,22). The van der Waals surface area contributed by atoms with Gasteiger partial charge in [0.25, 0.3) is 5.91 Å². The maximum atomic E-state index is 12.8. The van der Waals surface area contributed by atoms with Crippen LogP contribution in [-0.2, 0) is 4.79 Å². The fraction of sp³-hybridized carbons (Fsp3) is 0.333. The van der Waals surface area contributed by atoms with Crippen molar-refractivity contribution < 1.29 is 14.7 Å². The lowest BCUT2D eigenvalue weighted by Crippen LogP contribution is -2.40. The number of aromatic nitrogens is 1. The molecule has 1 heterocycles. The van der Waals surface area contributed by atoms with Gasteiger partial charge in [-0.05, 0) is 45.9 Å². The van der Waals surface area contributed by atoms with E-state index >= 15 is 0 Å². The van der Waals surface area contributed by atoms with Crippen molar-refractivity contribution >= 4 is 11.9 Å². The van der Waals surface area contributed by atoms with Crippen molar-refractivity contribution in [3.8, 4) is 5.69 Å². The molecule has 2 aromatic rings. The lowest BCUT2D eigenvalue weighted by Gasteiger charge is -2.25. The molecule has 0 saturated carbocycles. The molecule has 1 N–H and O–H groups in total. The molecule has 1 aromatic carbocycles. The molecule has 0 fully saturated rings. The molecule has 0 aliphatic rings. The van der Waals surface area contributed by atoms with E-state index in [0.717, 1.165) is 17.1 Å². The average molecular weight is 314 g/mol. The highest BCUT2D eigenvalue weighted by Crippen LogP contribution is 2.22. The lowest BCUT2D eigenvalue weighted by atomic mass is 10.2. The van der Waals surface area contributed by atoms with Crippen LogP contribution in [0.3, 0.4) is 0 Å². The smallest absolute Gasteiger partial charge is 0.323 e. The molecule has 0 spiro atoms. The minimum Gasteiger partial charge on any atom is -0.480 e.